The van der Waals surface area contributed by atoms with Crippen molar-refractivity contribution in [1.29, 1.82) is 0 Å². The number of para-hydroxylation sites is 1. The lowest BCUT2D eigenvalue weighted by molar-refractivity contribution is 0.718. The van der Waals surface area contributed by atoms with Gasteiger partial charge in [-0.2, -0.15) is 0 Å². The number of benzene rings is 1. The lowest BCUT2D eigenvalue weighted by Gasteiger charge is -2.06. The number of hydrogen-bond donors (Lipinski definition) is 2. The molecule has 88 valence electrons. The van der Waals surface area contributed by atoms with Crippen LogP contribution in [0, 0.1) is 6.92 Å². The quantitative estimate of drug-likeness (QED) is 0.767. The first-order valence-electron chi connectivity index (χ1n) is 6.33. The molecule has 2 aromatic rings. The van der Waals surface area contributed by atoms with Gasteiger partial charge < -0.3 is 10.3 Å². The van der Waals surface area contributed by atoms with Gasteiger partial charge in [0.15, 0.2) is 0 Å². The van der Waals surface area contributed by atoms with Crippen molar-refractivity contribution in [2.45, 2.75) is 19.8 Å². The summed E-state index contributed by atoms with van der Waals surface area (Å²) in [6, 6.07) is 8.58. The molecule has 0 aliphatic carbocycles. The highest BCUT2D eigenvalue weighted by molar-refractivity contribution is 5.94. The van der Waals surface area contributed by atoms with Crippen LogP contribution in [0.2, 0.25) is 0 Å². The number of hydrogen-bond acceptors (Lipinski definition) is 1. The number of fused-ring (bicyclic) bond motifs is 1. The zero-order chi connectivity index (χ0) is 11.7. The summed E-state index contributed by atoms with van der Waals surface area (Å²) in [7, 11) is 0. The predicted octanol–water partition coefficient (Wildman–Crippen LogP) is 3.24. The molecule has 2 N–H and O–H groups in total. The molecular weight excluding hydrogens is 208 g/mol. The molecule has 1 aromatic carbocycles. The van der Waals surface area contributed by atoms with Gasteiger partial charge in [-0.05, 0) is 44.5 Å². The van der Waals surface area contributed by atoms with Crippen molar-refractivity contribution in [2.24, 2.45) is 0 Å². The lowest BCUT2D eigenvalue weighted by Crippen LogP contribution is -2.13. The lowest BCUT2D eigenvalue weighted by atomic mass is 9.99. The van der Waals surface area contributed by atoms with Gasteiger partial charge in [-0.25, -0.2) is 0 Å². The van der Waals surface area contributed by atoms with Crippen LogP contribution in [0.15, 0.2) is 30.3 Å². The van der Waals surface area contributed by atoms with Gasteiger partial charge in [0.25, 0.3) is 0 Å². The third kappa shape index (κ3) is 1.89. The molecule has 2 heteroatoms. The minimum Gasteiger partial charge on any atom is -0.358 e. The van der Waals surface area contributed by atoms with Gasteiger partial charge >= 0.3 is 0 Å². The standard InChI is InChI=1S/C15H18N2/c1-11-15(12-5-4-9-16-10-8-12)13-6-2-3-7-14(13)17-11/h2-3,5-7,16-17H,4,8-10H2,1H3. The molecular formula is C15H18N2. The fourth-order valence-corrected chi connectivity index (χ4v) is 2.72. The zero-order valence-electron chi connectivity index (χ0n) is 10.2. The maximum absolute atomic E-state index is 3.48. The second-order valence-corrected chi connectivity index (χ2v) is 4.69. The summed E-state index contributed by atoms with van der Waals surface area (Å²) < 4.78 is 0. The van der Waals surface area contributed by atoms with Crippen molar-refractivity contribution < 1.29 is 0 Å². The van der Waals surface area contributed by atoms with E-state index in [9.17, 15) is 0 Å². The predicted molar refractivity (Wildman–Crippen MR) is 73.1 cm³/mol. The molecule has 2 heterocycles. The van der Waals surface area contributed by atoms with E-state index in [1.165, 1.54) is 27.7 Å². The maximum Gasteiger partial charge on any atom is 0.0462 e. The van der Waals surface area contributed by atoms with Crippen LogP contribution in [0.1, 0.15) is 24.1 Å². The van der Waals surface area contributed by atoms with Crippen LogP contribution in [0.4, 0.5) is 0 Å². The summed E-state index contributed by atoms with van der Waals surface area (Å²) in [5.74, 6) is 0. The van der Waals surface area contributed by atoms with Gasteiger partial charge in [0, 0.05) is 22.2 Å². The van der Waals surface area contributed by atoms with E-state index >= 15 is 0 Å². The molecule has 0 fully saturated rings. The summed E-state index contributed by atoms with van der Waals surface area (Å²) >= 11 is 0. The smallest absolute Gasteiger partial charge is 0.0462 e. The summed E-state index contributed by atoms with van der Waals surface area (Å²) in [6.07, 6.45) is 4.65. The first kappa shape index (κ1) is 10.6. The highest BCUT2D eigenvalue weighted by Gasteiger charge is 2.13. The van der Waals surface area contributed by atoms with Crippen molar-refractivity contribution in [3.8, 4) is 0 Å². The van der Waals surface area contributed by atoms with Gasteiger partial charge in [0.2, 0.25) is 0 Å². The van der Waals surface area contributed by atoms with E-state index in [1.54, 1.807) is 0 Å². The fourth-order valence-electron chi connectivity index (χ4n) is 2.72. The zero-order valence-corrected chi connectivity index (χ0v) is 10.2. The molecule has 0 radical (unpaired) electrons. The Morgan fingerprint density at radius 3 is 2.94 bits per heavy atom. The normalized spacial score (nSPS) is 16.9. The van der Waals surface area contributed by atoms with Crippen molar-refractivity contribution in [1.82, 2.24) is 10.3 Å². The molecule has 3 rings (SSSR count). The maximum atomic E-state index is 3.48. The average Bonchev–Trinajstić information content (AvgIpc) is 2.53. The minimum absolute atomic E-state index is 1.09. The molecule has 0 atom stereocenters. The van der Waals surface area contributed by atoms with Crippen LogP contribution >= 0.6 is 0 Å². The van der Waals surface area contributed by atoms with Gasteiger partial charge in [0.1, 0.15) is 0 Å². The molecule has 0 amide bonds. The van der Waals surface area contributed by atoms with Crippen LogP contribution in [0.3, 0.4) is 0 Å². The van der Waals surface area contributed by atoms with Gasteiger partial charge in [-0.15, -0.1) is 0 Å². The minimum atomic E-state index is 1.09. The summed E-state index contributed by atoms with van der Waals surface area (Å²) in [4.78, 5) is 3.48. The highest BCUT2D eigenvalue weighted by Crippen LogP contribution is 2.30. The third-order valence-electron chi connectivity index (χ3n) is 3.50. The van der Waals surface area contributed by atoms with E-state index in [0.29, 0.717) is 0 Å². The third-order valence-corrected chi connectivity index (χ3v) is 3.50. The van der Waals surface area contributed by atoms with E-state index in [1.807, 2.05) is 0 Å². The second-order valence-electron chi connectivity index (χ2n) is 4.69. The van der Waals surface area contributed by atoms with Crippen LogP contribution < -0.4 is 5.32 Å². The van der Waals surface area contributed by atoms with Crippen molar-refractivity contribution in [2.75, 3.05) is 13.1 Å². The molecule has 0 bridgehead atoms. The van der Waals surface area contributed by atoms with Crippen LogP contribution in [0.25, 0.3) is 16.5 Å². The van der Waals surface area contributed by atoms with Crippen molar-refractivity contribution in [3.63, 3.8) is 0 Å². The van der Waals surface area contributed by atoms with Crippen LogP contribution in [0.5, 0.6) is 0 Å². The van der Waals surface area contributed by atoms with Crippen molar-refractivity contribution in [3.05, 3.63) is 41.6 Å². The van der Waals surface area contributed by atoms with Gasteiger partial charge in [0.05, 0.1) is 0 Å². The molecule has 1 aromatic heterocycles. The topological polar surface area (TPSA) is 27.8 Å². The number of aromatic amines is 1. The van der Waals surface area contributed by atoms with E-state index in [-0.39, 0.29) is 0 Å². The summed E-state index contributed by atoms with van der Waals surface area (Å²) in [6.45, 7) is 4.37. The van der Waals surface area contributed by atoms with E-state index in [2.05, 4.69) is 47.6 Å². The Morgan fingerprint density at radius 1 is 1.12 bits per heavy atom. The van der Waals surface area contributed by atoms with Crippen LogP contribution in [-0.2, 0) is 0 Å². The number of H-pyrrole nitrogens is 1. The Balaban J connectivity index is 2.15. The molecule has 0 spiro atoms. The van der Waals surface area contributed by atoms with E-state index in [0.717, 1.165) is 25.9 Å². The Morgan fingerprint density at radius 2 is 2.00 bits per heavy atom. The van der Waals surface area contributed by atoms with Crippen LogP contribution in [-0.4, -0.2) is 18.1 Å². The fraction of sp³-hybridized carbons (Fsp3) is 0.333. The SMILES string of the molecule is Cc1[nH]c2ccccc2c1C1=CCCNCC1. The summed E-state index contributed by atoms with van der Waals surface area (Å²) in [5, 5.41) is 4.80. The summed E-state index contributed by atoms with van der Waals surface area (Å²) in [5.41, 5.74) is 5.45. The molecule has 1 aliphatic heterocycles. The number of nitrogens with one attached hydrogen (secondary N) is 2. The molecule has 0 saturated carbocycles. The van der Waals surface area contributed by atoms with Gasteiger partial charge in [-0.3, -0.25) is 0 Å². The Bertz CT molecular complexity index is 563. The molecule has 1 aliphatic rings. The second kappa shape index (κ2) is 4.38. The van der Waals surface area contributed by atoms with E-state index < -0.39 is 0 Å². The monoisotopic (exact) mass is 226 g/mol. The Hall–Kier alpha value is -1.54. The van der Waals surface area contributed by atoms with Gasteiger partial charge in [-0.1, -0.05) is 24.3 Å². The van der Waals surface area contributed by atoms with E-state index in [4.69, 9.17) is 0 Å². The average molecular weight is 226 g/mol. The van der Waals surface area contributed by atoms with Crippen molar-refractivity contribution >= 4 is 16.5 Å². The first-order chi connectivity index (χ1) is 8.36. The number of aryl methyl sites for hydroxylation is 1. The number of rotatable bonds is 1. The number of aromatic nitrogens is 1. The molecule has 2 nitrogen and oxygen atoms in total. The Kier molecular flexibility index (Phi) is 2.73. The molecule has 17 heavy (non-hydrogen) atoms. The first-order valence-corrected chi connectivity index (χ1v) is 6.33. The molecule has 0 saturated heterocycles. The largest absolute Gasteiger partial charge is 0.358 e. The molecule has 0 unspecified atom stereocenters. The highest BCUT2D eigenvalue weighted by atomic mass is 14.8. The Labute approximate surface area is 102 Å².